The maximum absolute atomic E-state index is 15.2. The third kappa shape index (κ3) is 4.62. The molecule has 196 valence electrons. The summed E-state index contributed by atoms with van der Waals surface area (Å²) < 4.78 is 60.3. The molecule has 4 amide bonds. The molecule has 14 heteroatoms. The molecular weight excluding hydrogens is 502 g/mol. The Morgan fingerprint density at radius 3 is 2.65 bits per heavy atom. The Kier molecular flexibility index (Phi) is 6.12. The van der Waals surface area contributed by atoms with Gasteiger partial charge in [0, 0.05) is 44.1 Å². The Balaban J connectivity index is 1.15. The van der Waals surface area contributed by atoms with Gasteiger partial charge in [0.25, 0.3) is 5.91 Å². The molecule has 1 atom stereocenters. The number of halogens is 4. The molecule has 0 bridgehead atoms. The van der Waals surface area contributed by atoms with Gasteiger partial charge in [-0.15, -0.1) is 0 Å². The number of hydrogen-bond acceptors (Lipinski definition) is 6. The number of fused-ring (bicyclic) bond motifs is 1. The van der Waals surface area contributed by atoms with Crippen molar-refractivity contribution in [3.05, 3.63) is 52.6 Å². The molecule has 37 heavy (non-hydrogen) atoms. The molecule has 1 saturated carbocycles. The number of rotatable bonds is 5. The van der Waals surface area contributed by atoms with E-state index in [4.69, 9.17) is 4.74 Å². The van der Waals surface area contributed by atoms with Crippen LogP contribution in [0.1, 0.15) is 58.9 Å². The van der Waals surface area contributed by atoms with Crippen molar-refractivity contribution in [3.8, 4) is 0 Å². The Labute approximate surface area is 206 Å². The standard InChI is InChI=1S/C23H21F4N5O5/c24-19-11(1-2-12-10-31(21(35)18(12)19)15-3-4-17(33)30-20(15)34)9-28-22(36)37-14-7-13(8-14)32-16(5-6-29-32)23(25,26)27/h1-2,5-6,13-15H,3-4,7-10H2,(H,28,36)(H,30,33,34). The molecule has 1 saturated heterocycles. The molecule has 2 N–H and O–H groups in total. The average molecular weight is 523 g/mol. The zero-order chi connectivity index (χ0) is 26.5. The zero-order valence-electron chi connectivity index (χ0n) is 19.2. The molecule has 1 aromatic carbocycles. The van der Waals surface area contributed by atoms with Crippen LogP contribution in [0.15, 0.2) is 24.4 Å². The van der Waals surface area contributed by atoms with Crippen molar-refractivity contribution in [2.24, 2.45) is 0 Å². The molecule has 0 spiro atoms. The Bertz CT molecular complexity index is 1290. The van der Waals surface area contributed by atoms with Gasteiger partial charge < -0.3 is 15.0 Å². The number of imide groups is 1. The summed E-state index contributed by atoms with van der Waals surface area (Å²) in [5.41, 5.74) is -0.667. The van der Waals surface area contributed by atoms with Gasteiger partial charge in [0.05, 0.1) is 11.6 Å². The van der Waals surface area contributed by atoms with Crippen LogP contribution in [0.25, 0.3) is 0 Å². The van der Waals surface area contributed by atoms with Crippen molar-refractivity contribution in [2.45, 2.75) is 63.1 Å². The van der Waals surface area contributed by atoms with Gasteiger partial charge in [0.15, 0.2) is 0 Å². The van der Waals surface area contributed by atoms with Crippen LogP contribution >= 0.6 is 0 Å². The first kappa shape index (κ1) is 24.7. The number of piperidine rings is 1. The van der Waals surface area contributed by atoms with Gasteiger partial charge >= 0.3 is 12.3 Å². The summed E-state index contributed by atoms with van der Waals surface area (Å²) in [6, 6.07) is 2.38. The minimum Gasteiger partial charge on any atom is -0.446 e. The summed E-state index contributed by atoms with van der Waals surface area (Å²) in [6.45, 7) is -0.278. The van der Waals surface area contributed by atoms with Gasteiger partial charge in [0.1, 0.15) is 23.7 Å². The highest BCUT2D eigenvalue weighted by Crippen LogP contribution is 2.39. The van der Waals surface area contributed by atoms with E-state index in [1.807, 2.05) is 0 Å². The number of aromatic nitrogens is 2. The van der Waals surface area contributed by atoms with Crippen molar-refractivity contribution >= 4 is 23.8 Å². The number of amides is 4. The van der Waals surface area contributed by atoms with E-state index in [1.165, 1.54) is 17.0 Å². The molecular formula is C23H21F4N5O5. The van der Waals surface area contributed by atoms with E-state index >= 15 is 4.39 Å². The maximum atomic E-state index is 15.2. The maximum Gasteiger partial charge on any atom is 0.433 e. The molecule has 5 rings (SSSR count). The third-order valence-corrected chi connectivity index (χ3v) is 6.78. The first-order valence-corrected chi connectivity index (χ1v) is 11.5. The highest BCUT2D eigenvalue weighted by atomic mass is 19.4. The summed E-state index contributed by atoms with van der Waals surface area (Å²) in [7, 11) is 0. The van der Waals surface area contributed by atoms with Crippen molar-refractivity contribution in [3.63, 3.8) is 0 Å². The van der Waals surface area contributed by atoms with Crippen LogP contribution in [0.2, 0.25) is 0 Å². The molecule has 2 aromatic rings. The molecule has 3 heterocycles. The number of nitrogens with zero attached hydrogens (tertiary/aromatic N) is 3. The number of alkyl halides is 3. The van der Waals surface area contributed by atoms with Gasteiger partial charge in [-0.3, -0.25) is 24.4 Å². The molecule has 2 aliphatic heterocycles. The Morgan fingerprint density at radius 2 is 1.95 bits per heavy atom. The second-order valence-corrected chi connectivity index (χ2v) is 9.14. The molecule has 3 aliphatic rings. The van der Waals surface area contributed by atoms with Crippen LogP contribution in [0.3, 0.4) is 0 Å². The number of carbonyl (C=O) groups is 4. The fourth-order valence-corrected chi connectivity index (χ4v) is 4.81. The van der Waals surface area contributed by atoms with Crippen LogP contribution in [0.5, 0.6) is 0 Å². The summed E-state index contributed by atoms with van der Waals surface area (Å²) in [4.78, 5) is 49.8. The predicted octanol–water partition coefficient (Wildman–Crippen LogP) is 2.43. The number of ether oxygens (including phenoxy) is 1. The lowest BCUT2D eigenvalue weighted by Gasteiger charge is -2.35. The van der Waals surface area contributed by atoms with Crippen LogP contribution in [-0.4, -0.2) is 50.6 Å². The SMILES string of the molecule is O=C1CCC(N2Cc3ccc(CNC(=O)OC4CC(n5nccc5C(F)(F)F)C4)c(F)c3C2=O)C(=O)N1. The smallest absolute Gasteiger partial charge is 0.433 e. The van der Waals surface area contributed by atoms with Crippen LogP contribution in [-0.2, 0) is 33.6 Å². The molecule has 0 radical (unpaired) electrons. The fraction of sp³-hybridized carbons (Fsp3) is 0.435. The lowest BCUT2D eigenvalue weighted by molar-refractivity contribution is -0.147. The lowest BCUT2D eigenvalue weighted by atomic mass is 9.89. The number of nitrogens with one attached hydrogen (secondary N) is 2. The summed E-state index contributed by atoms with van der Waals surface area (Å²) >= 11 is 0. The highest BCUT2D eigenvalue weighted by molar-refractivity contribution is 6.05. The minimum absolute atomic E-state index is 0.0161. The van der Waals surface area contributed by atoms with Gasteiger partial charge in [-0.2, -0.15) is 18.3 Å². The summed E-state index contributed by atoms with van der Waals surface area (Å²) in [5, 5.41) is 8.27. The van der Waals surface area contributed by atoms with E-state index in [0.717, 1.165) is 16.9 Å². The van der Waals surface area contributed by atoms with E-state index in [0.29, 0.717) is 5.56 Å². The summed E-state index contributed by atoms with van der Waals surface area (Å²) in [6.07, 6.45) is -4.47. The second kappa shape index (κ2) is 9.16. The van der Waals surface area contributed by atoms with Crippen molar-refractivity contribution in [2.75, 3.05) is 0 Å². The fourth-order valence-electron chi connectivity index (χ4n) is 4.81. The summed E-state index contributed by atoms with van der Waals surface area (Å²) in [5.74, 6) is -2.55. The first-order valence-electron chi connectivity index (χ1n) is 11.5. The third-order valence-electron chi connectivity index (χ3n) is 6.78. The molecule has 10 nitrogen and oxygen atoms in total. The molecule has 2 fully saturated rings. The zero-order valence-corrected chi connectivity index (χ0v) is 19.2. The number of hydrogen-bond donors (Lipinski definition) is 2. The largest absolute Gasteiger partial charge is 0.446 e. The number of alkyl carbamates (subject to hydrolysis) is 1. The monoisotopic (exact) mass is 523 g/mol. The molecule has 1 aromatic heterocycles. The average Bonchev–Trinajstić information content (AvgIpc) is 3.41. The van der Waals surface area contributed by atoms with Gasteiger partial charge in [-0.1, -0.05) is 12.1 Å². The quantitative estimate of drug-likeness (QED) is 0.459. The highest BCUT2D eigenvalue weighted by Gasteiger charge is 2.42. The lowest BCUT2D eigenvalue weighted by Crippen LogP contribution is -2.52. The normalized spacial score (nSPS) is 23.4. The van der Waals surface area contributed by atoms with Crippen LogP contribution in [0, 0.1) is 5.82 Å². The predicted molar refractivity (Wildman–Crippen MR) is 115 cm³/mol. The Morgan fingerprint density at radius 1 is 1.19 bits per heavy atom. The van der Waals surface area contributed by atoms with Crippen LogP contribution < -0.4 is 10.6 Å². The Hall–Kier alpha value is -3.97. The minimum atomic E-state index is -4.54. The van der Waals surface area contributed by atoms with Gasteiger partial charge in [-0.05, 0) is 18.1 Å². The van der Waals surface area contributed by atoms with Crippen molar-refractivity contribution < 1.29 is 41.5 Å². The number of carbonyl (C=O) groups excluding carboxylic acids is 4. The van der Waals surface area contributed by atoms with Gasteiger partial charge in [-0.25, -0.2) is 9.18 Å². The van der Waals surface area contributed by atoms with Crippen LogP contribution in [0.4, 0.5) is 22.4 Å². The van der Waals surface area contributed by atoms with Crippen molar-refractivity contribution in [1.82, 2.24) is 25.3 Å². The van der Waals surface area contributed by atoms with Crippen molar-refractivity contribution in [1.29, 1.82) is 0 Å². The van der Waals surface area contributed by atoms with E-state index < -0.39 is 59.7 Å². The number of benzene rings is 1. The van der Waals surface area contributed by atoms with E-state index in [2.05, 4.69) is 15.7 Å². The van der Waals surface area contributed by atoms with E-state index in [-0.39, 0.29) is 49.9 Å². The molecule has 1 aliphatic carbocycles. The van der Waals surface area contributed by atoms with E-state index in [1.54, 1.807) is 0 Å². The first-order chi connectivity index (χ1) is 17.5. The topological polar surface area (TPSA) is 123 Å². The molecule has 1 unspecified atom stereocenters. The second-order valence-electron chi connectivity index (χ2n) is 9.14. The van der Waals surface area contributed by atoms with E-state index in [9.17, 15) is 32.3 Å². The van der Waals surface area contributed by atoms with Gasteiger partial charge in [0.2, 0.25) is 11.8 Å².